The third-order valence-electron chi connectivity index (χ3n) is 9.49. The zero-order valence-corrected chi connectivity index (χ0v) is 30.7. The van der Waals surface area contributed by atoms with Gasteiger partial charge in [0.05, 0.1) is 16.7 Å². The minimum atomic E-state index is 0.0491. The van der Waals surface area contributed by atoms with Gasteiger partial charge >= 0.3 is 0 Å². The monoisotopic (exact) mass is 706 g/mol. The number of rotatable bonds is 4. The highest BCUT2D eigenvalue weighted by Crippen LogP contribution is 2.44. The highest BCUT2D eigenvalue weighted by molar-refractivity contribution is 9.10. The molecule has 2 heterocycles. The Labute approximate surface area is 295 Å². The summed E-state index contributed by atoms with van der Waals surface area (Å²) in [6, 6.07) is 44.8. The van der Waals surface area contributed by atoms with Crippen LogP contribution >= 0.6 is 27.3 Å². The van der Waals surface area contributed by atoms with Gasteiger partial charge in [0.2, 0.25) is 0 Å². The van der Waals surface area contributed by atoms with E-state index in [9.17, 15) is 0 Å². The Hall–Kier alpha value is -4.38. The molecule has 0 aliphatic rings. The van der Waals surface area contributed by atoms with E-state index in [2.05, 4.69) is 189 Å². The molecule has 0 fully saturated rings. The predicted octanol–water partition coefficient (Wildman–Crippen LogP) is 13.9. The average Bonchev–Trinajstić information content (AvgIpc) is 3.58. The number of anilines is 2. The van der Waals surface area contributed by atoms with Crippen LogP contribution in [-0.2, 0) is 10.8 Å². The molecule has 238 valence electrons. The smallest absolute Gasteiger partial charge is 0.0575 e. The molecule has 0 bridgehead atoms. The highest BCUT2D eigenvalue weighted by Gasteiger charge is 2.23. The summed E-state index contributed by atoms with van der Waals surface area (Å²) in [6.07, 6.45) is 0. The van der Waals surface area contributed by atoms with Crippen molar-refractivity contribution in [2.45, 2.75) is 52.4 Å². The number of hydrogen-bond donors (Lipinski definition) is 1. The molecular weight excluding hydrogens is 668 g/mol. The van der Waals surface area contributed by atoms with Crippen molar-refractivity contribution in [3.05, 3.63) is 137 Å². The molecule has 0 unspecified atom stereocenters. The van der Waals surface area contributed by atoms with Gasteiger partial charge in [-0.1, -0.05) is 118 Å². The molecule has 0 aliphatic heterocycles. The van der Waals surface area contributed by atoms with Crippen molar-refractivity contribution in [3.63, 3.8) is 0 Å². The molecule has 2 aromatic heterocycles. The van der Waals surface area contributed by atoms with Gasteiger partial charge in [-0.3, -0.25) is 0 Å². The Morgan fingerprint density at radius 1 is 0.542 bits per heavy atom. The molecule has 0 radical (unpaired) electrons. The van der Waals surface area contributed by atoms with Crippen molar-refractivity contribution in [2.24, 2.45) is 0 Å². The number of aromatic nitrogens is 1. The summed E-state index contributed by atoms with van der Waals surface area (Å²) >= 11 is 5.64. The van der Waals surface area contributed by atoms with Crippen molar-refractivity contribution in [2.75, 3.05) is 5.32 Å². The Bertz CT molecular complexity index is 2430. The summed E-state index contributed by atoms with van der Waals surface area (Å²) in [5, 5.41) is 8.99. The average molecular weight is 708 g/mol. The molecule has 0 saturated heterocycles. The van der Waals surface area contributed by atoms with Crippen LogP contribution in [0, 0.1) is 0 Å². The van der Waals surface area contributed by atoms with Gasteiger partial charge < -0.3 is 9.88 Å². The normalized spacial score (nSPS) is 12.5. The van der Waals surface area contributed by atoms with Crippen LogP contribution in [0.3, 0.4) is 0 Å². The Morgan fingerprint density at radius 2 is 1.15 bits per heavy atom. The lowest BCUT2D eigenvalue weighted by Crippen LogP contribution is -2.10. The second-order valence-corrected chi connectivity index (χ2v) is 17.0. The van der Waals surface area contributed by atoms with Crippen LogP contribution in [0.25, 0.3) is 58.8 Å². The summed E-state index contributed by atoms with van der Waals surface area (Å²) in [7, 11) is 0. The number of halogens is 1. The van der Waals surface area contributed by atoms with Gasteiger partial charge in [-0.15, -0.1) is 11.3 Å². The Morgan fingerprint density at radius 3 is 1.79 bits per heavy atom. The molecular formula is C44H39BrN2S. The predicted molar refractivity (Wildman–Crippen MR) is 214 cm³/mol. The highest BCUT2D eigenvalue weighted by atomic mass is 79.9. The maximum atomic E-state index is 3.81. The van der Waals surface area contributed by atoms with Crippen LogP contribution in [0.15, 0.2) is 126 Å². The summed E-state index contributed by atoms with van der Waals surface area (Å²) in [5.41, 5.74) is 10.9. The molecule has 0 aliphatic carbocycles. The lowest BCUT2D eigenvalue weighted by Gasteiger charge is -2.19. The van der Waals surface area contributed by atoms with Crippen LogP contribution in [0.2, 0.25) is 0 Å². The van der Waals surface area contributed by atoms with Crippen molar-refractivity contribution >= 4 is 80.6 Å². The van der Waals surface area contributed by atoms with Gasteiger partial charge in [0.25, 0.3) is 0 Å². The fraction of sp³-hybridized carbons (Fsp3) is 0.182. The Balaban J connectivity index is 1.41. The van der Waals surface area contributed by atoms with Crippen molar-refractivity contribution in [1.29, 1.82) is 0 Å². The summed E-state index contributed by atoms with van der Waals surface area (Å²) < 4.78 is 6.11. The molecule has 6 aromatic carbocycles. The Kier molecular flexibility index (Phi) is 7.32. The van der Waals surface area contributed by atoms with Gasteiger partial charge in [-0.05, 0) is 93.7 Å². The topological polar surface area (TPSA) is 17.0 Å². The number of fused-ring (bicyclic) bond motifs is 6. The lowest BCUT2D eigenvalue weighted by molar-refractivity contribution is 0.590. The fourth-order valence-corrected chi connectivity index (χ4v) is 8.58. The molecule has 48 heavy (non-hydrogen) atoms. The molecule has 4 heteroatoms. The largest absolute Gasteiger partial charge is 0.355 e. The molecule has 0 saturated carbocycles. The second kappa shape index (κ2) is 11.4. The van der Waals surface area contributed by atoms with Gasteiger partial charge in [-0.2, -0.15) is 0 Å². The summed E-state index contributed by atoms with van der Waals surface area (Å²) in [5.74, 6) is 0. The molecule has 8 aromatic rings. The van der Waals surface area contributed by atoms with E-state index in [0.717, 1.165) is 15.8 Å². The third kappa shape index (κ3) is 5.41. The van der Waals surface area contributed by atoms with E-state index >= 15 is 0 Å². The van der Waals surface area contributed by atoms with Gasteiger partial charge in [0.15, 0.2) is 0 Å². The van der Waals surface area contributed by atoms with Gasteiger partial charge in [0.1, 0.15) is 0 Å². The summed E-state index contributed by atoms with van der Waals surface area (Å²) in [6.45, 7) is 13.8. The number of nitrogens with one attached hydrogen (secondary N) is 1. The first-order valence-corrected chi connectivity index (χ1v) is 18.2. The first-order chi connectivity index (χ1) is 22.9. The molecule has 0 amide bonds. The third-order valence-corrected chi connectivity index (χ3v) is 11.1. The first-order valence-electron chi connectivity index (χ1n) is 16.6. The van der Waals surface area contributed by atoms with E-state index in [-0.39, 0.29) is 10.8 Å². The van der Waals surface area contributed by atoms with Crippen molar-refractivity contribution in [3.8, 4) is 16.8 Å². The number of benzene rings is 6. The minimum Gasteiger partial charge on any atom is -0.355 e. The van der Waals surface area contributed by atoms with Crippen LogP contribution < -0.4 is 5.32 Å². The lowest BCUT2D eigenvalue weighted by atomic mass is 9.85. The second-order valence-electron chi connectivity index (χ2n) is 15.0. The first kappa shape index (κ1) is 30.9. The van der Waals surface area contributed by atoms with Crippen molar-refractivity contribution in [1.82, 2.24) is 4.57 Å². The van der Waals surface area contributed by atoms with E-state index in [1.54, 1.807) is 0 Å². The van der Waals surface area contributed by atoms with Crippen LogP contribution in [-0.4, -0.2) is 4.57 Å². The van der Waals surface area contributed by atoms with Gasteiger partial charge in [0, 0.05) is 46.8 Å². The van der Waals surface area contributed by atoms with Crippen LogP contribution in [0.5, 0.6) is 0 Å². The molecule has 2 nitrogen and oxygen atoms in total. The minimum absolute atomic E-state index is 0.0491. The summed E-state index contributed by atoms with van der Waals surface area (Å²) in [4.78, 5) is 0. The fourth-order valence-electron chi connectivity index (χ4n) is 6.92. The van der Waals surface area contributed by atoms with E-state index in [4.69, 9.17) is 0 Å². The molecule has 0 spiro atoms. The number of hydrogen-bond acceptors (Lipinski definition) is 2. The van der Waals surface area contributed by atoms with Crippen molar-refractivity contribution < 1.29 is 0 Å². The van der Waals surface area contributed by atoms with E-state index < -0.39 is 0 Å². The van der Waals surface area contributed by atoms with Crippen LogP contribution in [0.4, 0.5) is 11.4 Å². The van der Waals surface area contributed by atoms with E-state index in [0.29, 0.717) is 0 Å². The molecule has 0 atom stereocenters. The van der Waals surface area contributed by atoms with E-state index in [1.165, 1.54) is 69.9 Å². The molecule has 1 N–H and O–H groups in total. The maximum Gasteiger partial charge on any atom is 0.0575 e. The number of nitrogens with zero attached hydrogens (tertiary/aromatic N) is 1. The SMILES string of the molecule is CC(C)(C)c1ccc2c(c1)c1cc(C(C)(C)C)ccc1n2-c1cc(Nc2cc(Br)cc(-c3ccccc3)c2)cc2sc3ccccc3c12. The molecule has 8 rings (SSSR count). The quantitative estimate of drug-likeness (QED) is 0.193. The zero-order valence-electron chi connectivity index (χ0n) is 28.3. The zero-order chi connectivity index (χ0) is 33.4. The maximum absolute atomic E-state index is 3.81. The van der Waals surface area contributed by atoms with Gasteiger partial charge in [-0.25, -0.2) is 0 Å². The number of thiophene rings is 1. The van der Waals surface area contributed by atoms with Crippen LogP contribution in [0.1, 0.15) is 52.7 Å². The van der Waals surface area contributed by atoms with E-state index in [1.807, 2.05) is 11.3 Å². The standard InChI is InChI=1S/C44H39BrN2S/c1-43(2,3)29-16-18-37-35(22-29)36-23-30(44(4,5)6)17-19-38(36)47(37)39-25-33(26-41-42(39)34-14-10-11-15-40(34)48-41)46-32-21-28(20-31(45)24-32)27-12-8-7-9-13-27/h7-26,46H,1-6H3.